The fourth-order valence-corrected chi connectivity index (χ4v) is 3.02. The Morgan fingerprint density at radius 2 is 2.16 bits per heavy atom. The number of carbonyl (C=O) groups is 2. The van der Waals surface area contributed by atoms with E-state index in [0.29, 0.717) is 13.0 Å². The van der Waals surface area contributed by atoms with E-state index in [4.69, 9.17) is 0 Å². The average Bonchev–Trinajstić information content (AvgIpc) is 2.83. The average molecular weight is 296 g/mol. The van der Waals surface area contributed by atoms with Gasteiger partial charge in [-0.1, -0.05) is 11.8 Å². The molecule has 0 atom stereocenters. The third-order valence-corrected chi connectivity index (χ3v) is 4.46. The van der Waals surface area contributed by atoms with Crippen LogP contribution in [0.15, 0.2) is 29.2 Å². The quantitative estimate of drug-likeness (QED) is 0.849. The Labute approximate surface area is 121 Å². The Bertz CT molecular complexity index is 462. The van der Waals surface area contributed by atoms with Crippen LogP contribution in [0.4, 0.5) is 10.5 Å². The van der Waals surface area contributed by atoms with Crippen LogP contribution in [-0.4, -0.2) is 41.1 Å². The minimum atomic E-state index is -0.0541. The van der Waals surface area contributed by atoms with Crippen molar-refractivity contribution in [2.45, 2.75) is 11.3 Å². The van der Waals surface area contributed by atoms with E-state index in [1.807, 2.05) is 30.5 Å². The number of thioether (sulfide) groups is 2. The molecule has 0 saturated carbocycles. The molecule has 0 bridgehead atoms. The zero-order chi connectivity index (χ0) is 13.7. The maximum atomic E-state index is 11.8. The van der Waals surface area contributed by atoms with Gasteiger partial charge in [0, 0.05) is 35.8 Å². The summed E-state index contributed by atoms with van der Waals surface area (Å²) in [5.41, 5.74) is 0.796. The van der Waals surface area contributed by atoms with Gasteiger partial charge in [0.2, 0.25) is 5.91 Å². The van der Waals surface area contributed by atoms with Gasteiger partial charge in [0.25, 0.3) is 5.24 Å². The van der Waals surface area contributed by atoms with E-state index in [1.165, 1.54) is 11.8 Å². The van der Waals surface area contributed by atoms with Gasteiger partial charge in [-0.05, 0) is 30.5 Å². The molecule has 1 N–H and O–H groups in total. The number of hydrogen-bond acceptors (Lipinski definition) is 4. The third kappa shape index (κ3) is 4.18. The first kappa shape index (κ1) is 14.3. The summed E-state index contributed by atoms with van der Waals surface area (Å²) in [6.45, 7) is 1.25. The molecular formula is C13H16N2O2S2. The fourth-order valence-electron chi connectivity index (χ4n) is 1.76. The van der Waals surface area contributed by atoms with Crippen molar-refractivity contribution in [2.75, 3.05) is 30.4 Å². The topological polar surface area (TPSA) is 49.4 Å². The van der Waals surface area contributed by atoms with Crippen LogP contribution in [0.1, 0.15) is 6.42 Å². The highest BCUT2D eigenvalue weighted by Gasteiger charge is 2.21. The molecule has 0 spiro atoms. The van der Waals surface area contributed by atoms with E-state index in [2.05, 4.69) is 5.32 Å². The molecule has 0 radical (unpaired) electrons. The first-order valence-corrected chi connectivity index (χ1v) is 8.25. The summed E-state index contributed by atoms with van der Waals surface area (Å²) >= 11 is 2.98. The zero-order valence-corrected chi connectivity index (χ0v) is 12.4. The Morgan fingerprint density at radius 1 is 1.42 bits per heavy atom. The lowest BCUT2D eigenvalue weighted by Gasteiger charge is -2.13. The van der Waals surface area contributed by atoms with Crippen LogP contribution in [0.2, 0.25) is 0 Å². The number of rotatable bonds is 5. The van der Waals surface area contributed by atoms with Crippen LogP contribution in [-0.2, 0) is 4.79 Å². The molecule has 102 valence electrons. The van der Waals surface area contributed by atoms with Crippen molar-refractivity contribution in [3.05, 3.63) is 24.3 Å². The summed E-state index contributed by atoms with van der Waals surface area (Å²) in [6, 6.07) is 7.73. The molecule has 0 unspecified atom stereocenters. The maximum Gasteiger partial charge on any atom is 0.281 e. The highest BCUT2D eigenvalue weighted by atomic mass is 32.2. The number of amides is 2. The van der Waals surface area contributed by atoms with E-state index in [-0.39, 0.29) is 11.1 Å². The fraction of sp³-hybridized carbons (Fsp3) is 0.385. The largest absolute Gasteiger partial charge is 0.332 e. The van der Waals surface area contributed by atoms with Gasteiger partial charge < -0.3 is 10.2 Å². The van der Waals surface area contributed by atoms with Crippen molar-refractivity contribution in [1.29, 1.82) is 0 Å². The SMILES string of the molecule is CSc1ccc(NC(=O)CCN2CCSC2=O)cc1. The molecule has 0 aliphatic carbocycles. The van der Waals surface area contributed by atoms with Crippen molar-refractivity contribution >= 4 is 40.4 Å². The normalized spacial score (nSPS) is 14.8. The minimum absolute atomic E-state index is 0.0541. The van der Waals surface area contributed by atoms with Crippen molar-refractivity contribution in [3.8, 4) is 0 Å². The molecule has 4 nitrogen and oxygen atoms in total. The Morgan fingerprint density at radius 3 is 2.74 bits per heavy atom. The van der Waals surface area contributed by atoms with Crippen LogP contribution in [0.5, 0.6) is 0 Å². The van der Waals surface area contributed by atoms with Gasteiger partial charge in [-0.3, -0.25) is 9.59 Å². The number of hydrogen-bond donors (Lipinski definition) is 1. The summed E-state index contributed by atoms with van der Waals surface area (Å²) in [7, 11) is 0. The highest BCUT2D eigenvalue weighted by Crippen LogP contribution is 2.19. The van der Waals surface area contributed by atoms with E-state index in [0.717, 1.165) is 22.9 Å². The molecule has 1 saturated heterocycles. The highest BCUT2D eigenvalue weighted by molar-refractivity contribution is 8.13. The summed E-state index contributed by atoms with van der Waals surface area (Å²) < 4.78 is 0. The number of anilines is 1. The van der Waals surface area contributed by atoms with Crippen LogP contribution < -0.4 is 5.32 Å². The van der Waals surface area contributed by atoms with E-state index >= 15 is 0 Å². The number of nitrogens with zero attached hydrogens (tertiary/aromatic N) is 1. The molecule has 19 heavy (non-hydrogen) atoms. The third-order valence-electron chi connectivity index (χ3n) is 2.83. The van der Waals surface area contributed by atoms with Gasteiger partial charge in [-0.15, -0.1) is 11.8 Å². The number of benzene rings is 1. The predicted molar refractivity (Wildman–Crippen MR) is 80.9 cm³/mol. The van der Waals surface area contributed by atoms with Crippen LogP contribution in [0, 0.1) is 0 Å². The molecule has 1 aliphatic heterocycles. The van der Waals surface area contributed by atoms with Crippen LogP contribution >= 0.6 is 23.5 Å². The van der Waals surface area contributed by atoms with Crippen molar-refractivity contribution < 1.29 is 9.59 Å². The molecule has 1 heterocycles. The van der Waals surface area contributed by atoms with Crippen molar-refractivity contribution in [2.24, 2.45) is 0 Å². The van der Waals surface area contributed by atoms with Gasteiger partial charge in [0.1, 0.15) is 0 Å². The zero-order valence-electron chi connectivity index (χ0n) is 10.7. The second kappa shape index (κ2) is 6.86. The number of carbonyl (C=O) groups excluding carboxylic acids is 2. The van der Waals surface area contributed by atoms with Crippen molar-refractivity contribution in [1.82, 2.24) is 4.90 Å². The van der Waals surface area contributed by atoms with Gasteiger partial charge in [-0.2, -0.15) is 0 Å². The van der Waals surface area contributed by atoms with E-state index < -0.39 is 0 Å². The molecule has 0 aromatic heterocycles. The van der Waals surface area contributed by atoms with Crippen molar-refractivity contribution in [3.63, 3.8) is 0 Å². The molecule has 2 amide bonds. The summed E-state index contributed by atoms with van der Waals surface area (Å²) in [4.78, 5) is 26.0. The second-order valence-corrected chi connectivity index (χ2v) is 6.05. The smallest absolute Gasteiger partial charge is 0.281 e. The molecule has 2 rings (SSSR count). The van der Waals surface area contributed by atoms with Gasteiger partial charge >= 0.3 is 0 Å². The molecule has 1 fully saturated rings. The first-order valence-electron chi connectivity index (χ1n) is 6.04. The lowest BCUT2D eigenvalue weighted by Crippen LogP contribution is -2.27. The minimum Gasteiger partial charge on any atom is -0.332 e. The summed E-state index contributed by atoms with van der Waals surface area (Å²) in [6.07, 6.45) is 2.36. The van der Waals surface area contributed by atoms with E-state index in [9.17, 15) is 9.59 Å². The first-order chi connectivity index (χ1) is 9.19. The Kier molecular flexibility index (Phi) is 5.15. The Balaban J connectivity index is 1.78. The van der Waals surface area contributed by atoms with Crippen LogP contribution in [0.3, 0.4) is 0 Å². The monoisotopic (exact) mass is 296 g/mol. The molecule has 1 aromatic carbocycles. The lowest BCUT2D eigenvalue weighted by atomic mass is 10.3. The molecule has 1 aromatic rings. The molecule has 6 heteroatoms. The van der Waals surface area contributed by atoms with Gasteiger partial charge in [0.05, 0.1) is 0 Å². The predicted octanol–water partition coefficient (Wildman–Crippen LogP) is 2.91. The molecular weight excluding hydrogens is 280 g/mol. The van der Waals surface area contributed by atoms with E-state index in [1.54, 1.807) is 16.7 Å². The second-order valence-electron chi connectivity index (χ2n) is 4.13. The maximum absolute atomic E-state index is 11.8. The lowest BCUT2D eigenvalue weighted by molar-refractivity contribution is -0.116. The molecule has 1 aliphatic rings. The standard InChI is InChI=1S/C13H16N2O2S2/c1-18-11-4-2-10(3-5-11)14-12(16)6-7-15-8-9-19-13(15)17/h2-5H,6-9H2,1H3,(H,14,16). The Hall–Kier alpha value is -1.14. The summed E-state index contributed by atoms with van der Waals surface area (Å²) in [5.74, 6) is 0.776. The van der Waals surface area contributed by atoms with Gasteiger partial charge in [-0.25, -0.2) is 0 Å². The van der Waals surface area contributed by atoms with Crippen LogP contribution in [0.25, 0.3) is 0 Å². The number of nitrogens with one attached hydrogen (secondary N) is 1. The summed E-state index contributed by atoms with van der Waals surface area (Å²) in [5, 5.41) is 2.92. The van der Waals surface area contributed by atoms with Gasteiger partial charge in [0.15, 0.2) is 0 Å².